The van der Waals surface area contributed by atoms with Gasteiger partial charge in [-0.1, -0.05) is 42.8 Å². The zero-order chi connectivity index (χ0) is 28.6. The van der Waals surface area contributed by atoms with Gasteiger partial charge in [-0.05, 0) is 65.6 Å². The molecule has 4 rings (SSSR count). The third-order valence-electron chi connectivity index (χ3n) is 6.02. The highest BCUT2D eigenvalue weighted by Crippen LogP contribution is 2.31. The van der Waals surface area contributed by atoms with Gasteiger partial charge in [0.1, 0.15) is 12.2 Å². The summed E-state index contributed by atoms with van der Waals surface area (Å²) < 4.78 is 22.4. The van der Waals surface area contributed by atoms with E-state index in [1.165, 1.54) is 20.3 Å². The van der Waals surface area contributed by atoms with Crippen molar-refractivity contribution in [3.8, 4) is 23.0 Å². The van der Waals surface area contributed by atoms with Gasteiger partial charge < -0.3 is 18.9 Å². The van der Waals surface area contributed by atoms with Crippen LogP contribution in [0.1, 0.15) is 30.0 Å². The molecule has 1 fully saturated rings. The molecule has 1 heterocycles. The molecular weight excluding hydrogens is 536 g/mol. The Bertz CT molecular complexity index is 1440. The maximum Gasteiger partial charge on any atom is 0.331 e. The number of ether oxygens (including phenoxy) is 4. The Labute approximate surface area is 237 Å². The van der Waals surface area contributed by atoms with Gasteiger partial charge >= 0.3 is 6.03 Å². The molecule has 10 heteroatoms. The number of imide groups is 2. The highest BCUT2D eigenvalue weighted by Gasteiger charge is 2.35. The van der Waals surface area contributed by atoms with Gasteiger partial charge in [0.2, 0.25) is 0 Å². The van der Waals surface area contributed by atoms with Crippen molar-refractivity contribution in [3.05, 3.63) is 87.9 Å². The molecule has 1 aliphatic heterocycles. The van der Waals surface area contributed by atoms with Crippen LogP contribution in [0.25, 0.3) is 6.08 Å². The molecule has 1 N–H and O–H groups in total. The van der Waals surface area contributed by atoms with Crippen molar-refractivity contribution in [1.29, 1.82) is 0 Å². The predicted molar refractivity (Wildman–Crippen MR) is 150 cm³/mol. The van der Waals surface area contributed by atoms with Crippen molar-refractivity contribution in [2.45, 2.75) is 26.5 Å². The average Bonchev–Trinajstić information content (AvgIpc) is 2.96. The first-order valence-electron chi connectivity index (χ1n) is 12.6. The summed E-state index contributed by atoms with van der Waals surface area (Å²) in [6.07, 6.45) is 2.24. The lowest BCUT2D eigenvalue weighted by Gasteiger charge is -2.26. The molecule has 9 nitrogen and oxygen atoms in total. The molecular formula is C30H29ClN2O7. The van der Waals surface area contributed by atoms with Crippen LogP contribution in [0.15, 0.2) is 66.2 Å². The molecule has 3 aromatic rings. The Hall–Kier alpha value is -4.50. The Kier molecular flexibility index (Phi) is 9.29. The van der Waals surface area contributed by atoms with Crippen LogP contribution in [0.4, 0.5) is 4.79 Å². The number of halogens is 1. The minimum absolute atomic E-state index is 0.0689. The molecule has 0 spiro atoms. The van der Waals surface area contributed by atoms with Crippen molar-refractivity contribution >= 4 is 35.5 Å². The van der Waals surface area contributed by atoms with Gasteiger partial charge in [0.25, 0.3) is 11.8 Å². The third kappa shape index (κ3) is 6.73. The van der Waals surface area contributed by atoms with Crippen molar-refractivity contribution in [2.75, 3.05) is 20.8 Å². The number of nitrogens with zero attached hydrogens (tertiary/aromatic N) is 1. The number of hydrogen-bond donors (Lipinski definition) is 1. The van der Waals surface area contributed by atoms with Crippen molar-refractivity contribution in [1.82, 2.24) is 10.2 Å². The quantitative estimate of drug-likeness (QED) is 0.246. The number of carbonyl (C=O) groups is 3. The molecule has 1 saturated heterocycles. The molecule has 0 atom stereocenters. The average molecular weight is 565 g/mol. The van der Waals surface area contributed by atoms with E-state index in [0.29, 0.717) is 52.4 Å². The number of rotatable bonds is 11. The van der Waals surface area contributed by atoms with E-state index in [1.807, 2.05) is 19.1 Å². The van der Waals surface area contributed by atoms with Crippen LogP contribution in [-0.4, -0.2) is 43.6 Å². The van der Waals surface area contributed by atoms with Crippen molar-refractivity contribution in [3.63, 3.8) is 0 Å². The summed E-state index contributed by atoms with van der Waals surface area (Å²) in [5, 5.41) is 2.87. The topological polar surface area (TPSA) is 103 Å². The largest absolute Gasteiger partial charge is 0.493 e. The number of carbonyl (C=O) groups excluding carboxylic acids is 3. The van der Waals surface area contributed by atoms with Crippen LogP contribution < -0.4 is 24.3 Å². The first-order valence-corrected chi connectivity index (χ1v) is 12.9. The summed E-state index contributed by atoms with van der Waals surface area (Å²) >= 11 is 5.94. The fourth-order valence-electron chi connectivity index (χ4n) is 3.96. The van der Waals surface area contributed by atoms with E-state index in [4.69, 9.17) is 30.5 Å². The van der Waals surface area contributed by atoms with Crippen LogP contribution in [0, 0.1) is 0 Å². The van der Waals surface area contributed by atoms with Gasteiger partial charge in [-0.2, -0.15) is 0 Å². The molecule has 0 unspecified atom stereocenters. The second kappa shape index (κ2) is 13.0. The van der Waals surface area contributed by atoms with Gasteiger partial charge in [0, 0.05) is 5.02 Å². The maximum atomic E-state index is 13.3. The van der Waals surface area contributed by atoms with E-state index in [-0.39, 0.29) is 12.1 Å². The lowest BCUT2D eigenvalue weighted by molar-refractivity contribution is -0.130. The predicted octanol–water partition coefficient (Wildman–Crippen LogP) is 5.39. The molecule has 0 aliphatic carbocycles. The van der Waals surface area contributed by atoms with E-state index >= 15 is 0 Å². The van der Waals surface area contributed by atoms with Crippen LogP contribution in [-0.2, 0) is 22.7 Å². The fourth-order valence-corrected chi connectivity index (χ4v) is 4.09. The first-order chi connectivity index (χ1) is 19.3. The van der Waals surface area contributed by atoms with E-state index in [9.17, 15) is 14.4 Å². The Morgan fingerprint density at radius 1 is 0.825 bits per heavy atom. The minimum atomic E-state index is -0.805. The van der Waals surface area contributed by atoms with Crippen LogP contribution in [0.5, 0.6) is 23.0 Å². The molecule has 1 aliphatic rings. The lowest BCUT2D eigenvalue weighted by Crippen LogP contribution is -2.53. The van der Waals surface area contributed by atoms with Gasteiger partial charge in [-0.15, -0.1) is 0 Å². The zero-order valence-electron chi connectivity index (χ0n) is 22.4. The minimum Gasteiger partial charge on any atom is -0.493 e. The highest BCUT2D eigenvalue weighted by molar-refractivity contribution is 6.31. The number of amides is 4. The molecule has 0 radical (unpaired) electrons. The number of barbiturate groups is 1. The van der Waals surface area contributed by atoms with Crippen LogP contribution >= 0.6 is 11.6 Å². The summed E-state index contributed by atoms with van der Waals surface area (Å²) in [5.41, 5.74) is 1.88. The molecule has 0 bridgehead atoms. The summed E-state index contributed by atoms with van der Waals surface area (Å²) in [7, 11) is 3.01. The summed E-state index contributed by atoms with van der Waals surface area (Å²) in [4.78, 5) is 39.4. The Morgan fingerprint density at radius 2 is 1.48 bits per heavy atom. The normalized spacial score (nSPS) is 14.2. The molecule has 40 heavy (non-hydrogen) atoms. The van der Waals surface area contributed by atoms with Gasteiger partial charge in [-0.3, -0.25) is 19.8 Å². The standard InChI is InChI=1S/C30H29ClN2O7/c1-4-13-39-24-12-8-21(16-27(24)38-3)17-33-29(35)23(28(34)32-30(33)36)14-20-7-11-25(26(15-20)37-2)40-18-19-5-9-22(31)10-6-19/h5-12,14-16H,4,13,17-18H2,1-3H3,(H,32,34,36)/b23-14+. The summed E-state index contributed by atoms with van der Waals surface area (Å²) in [6, 6.07) is 16.6. The van der Waals surface area contributed by atoms with Crippen molar-refractivity contribution in [2.24, 2.45) is 0 Å². The fraction of sp³-hybridized carbons (Fsp3) is 0.233. The number of nitrogens with one attached hydrogen (secondary N) is 1. The monoisotopic (exact) mass is 564 g/mol. The summed E-state index contributed by atoms with van der Waals surface area (Å²) in [6.45, 7) is 2.75. The van der Waals surface area contributed by atoms with E-state index < -0.39 is 17.8 Å². The molecule has 0 saturated carbocycles. The highest BCUT2D eigenvalue weighted by atomic mass is 35.5. The molecule has 0 aromatic heterocycles. The maximum absolute atomic E-state index is 13.3. The Morgan fingerprint density at radius 3 is 2.17 bits per heavy atom. The van der Waals surface area contributed by atoms with Gasteiger partial charge in [0.05, 0.1) is 27.4 Å². The van der Waals surface area contributed by atoms with Crippen molar-refractivity contribution < 1.29 is 33.3 Å². The molecule has 4 amide bonds. The zero-order valence-corrected chi connectivity index (χ0v) is 23.1. The SMILES string of the molecule is CCCOc1ccc(CN2C(=O)NC(=O)/C(=C\c3ccc(OCc4ccc(Cl)cc4)c(OC)c3)C2=O)cc1OC. The lowest BCUT2D eigenvalue weighted by atomic mass is 10.1. The number of hydrogen-bond acceptors (Lipinski definition) is 7. The van der Waals surface area contributed by atoms with E-state index in [0.717, 1.165) is 16.9 Å². The molecule has 3 aromatic carbocycles. The number of urea groups is 1. The molecule has 208 valence electrons. The third-order valence-corrected chi connectivity index (χ3v) is 6.27. The summed E-state index contributed by atoms with van der Waals surface area (Å²) in [5.74, 6) is 0.435. The van der Waals surface area contributed by atoms with Gasteiger partial charge in [-0.25, -0.2) is 4.79 Å². The second-order valence-corrected chi connectivity index (χ2v) is 9.30. The first kappa shape index (κ1) is 28.5. The Balaban J connectivity index is 1.52. The van der Waals surface area contributed by atoms with Crippen LogP contribution in [0.3, 0.4) is 0 Å². The second-order valence-electron chi connectivity index (χ2n) is 8.87. The van der Waals surface area contributed by atoms with Crippen LogP contribution in [0.2, 0.25) is 5.02 Å². The van der Waals surface area contributed by atoms with E-state index in [1.54, 1.807) is 48.5 Å². The van der Waals surface area contributed by atoms with E-state index in [2.05, 4.69) is 5.32 Å². The number of benzene rings is 3. The number of methoxy groups -OCH3 is 2. The smallest absolute Gasteiger partial charge is 0.331 e. The van der Waals surface area contributed by atoms with Gasteiger partial charge in [0.15, 0.2) is 23.0 Å².